The largest absolute Gasteiger partial charge is 0.493 e. The maximum absolute atomic E-state index is 5.47. The lowest BCUT2D eigenvalue weighted by atomic mass is 10.1. The zero-order valence-corrected chi connectivity index (χ0v) is 14.5. The van der Waals surface area contributed by atoms with E-state index in [0.29, 0.717) is 0 Å². The van der Waals surface area contributed by atoms with E-state index in [4.69, 9.17) is 9.47 Å². The molecule has 2 N–H and O–H groups in total. The highest BCUT2D eigenvalue weighted by Gasteiger charge is 2.09. The van der Waals surface area contributed by atoms with Crippen molar-refractivity contribution in [1.29, 1.82) is 0 Å². The molecule has 3 rings (SSSR count). The molecule has 0 atom stereocenters. The second-order valence-electron chi connectivity index (χ2n) is 5.94. The molecule has 0 amide bonds. The minimum absolute atomic E-state index is 0.752. The van der Waals surface area contributed by atoms with Crippen molar-refractivity contribution in [2.45, 2.75) is 19.9 Å². The van der Waals surface area contributed by atoms with E-state index in [1.165, 1.54) is 22.0 Å². The van der Waals surface area contributed by atoms with Crippen LogP contribution in [0.4, 0.5) is 0 Å². The molecule has 0 spiro atoms. The van der Waals surface area contributed by atoms with Gasteiger partial charge in [-0.3, -0.25) is 0 Å². The van der Waals surface area contributed by atoms with Gasteiger partial charge in [0.2, 0.25) is 0 Å². The number of hydrogen-bond donors (Lipinski definition) is 2. The van der Waals surface area contributed by atoms with Crippen LogP contribution in [0.3, 0.4) is 0 Å². The number of hydrogen-bond acceptors (Lipinski definition) is 3. The predicted molar refractivity (Wildman–Crippen MR) is 98.0 cm³/mol. The molecule has 0 saturated carbocycles. The summed E-state index contributed by atoms with van der Waals surface area (Å²) in [4.78, 5) is 3.36. The fraction of sp³-hybridized carbons (Fsp3) is 0.300. The van der Waals surface area contributed by atoms with Crippen molar-refractivity contribution < 1.29 is 9.47 Å². The van der Waals surface area contributed by atoms with Gasteiger partial charge in [0.15, 0.2) is 11.5 Å². The first-order valence-electron chi connectivity index (χ1n) is 8.20. The van der Waals surface area contributed by atoms with Gasteiger partial charge in [0.05, 0.1) is 14.2 Å². The number of aromatic amines is 1. The molecule has 0 bridgehead atoms. The zero-order chi connectivity index (χ0) is 16.9. The first-order chi connectivity index (χ1) is 11.7. The molecule has 0 radical (unpaired) electrons. The van der Waals surface area contributed by atoms with Crippen molar-refractivity contribution in [1.82, 2.24) is 10.3 Å². The lowest BCUT2D eigenvalue weighted by molar-refractivity contribution is 0.350. The Hall–Kier alpha value is -2.46. The molecule has 1 heterocycles. The van der Waals surface area contributed by atoms with E-state index < -0.39 is 0 Å². The summed E-state index contributed by atoms with van der Waals surface area (Å²) < 4.78 is 10.8. The number of benzene rings is 2. The molecule has 4 nitrogen and oxygen atoms in total. The Morgan fingerprint density at radius 2 is 1.92 bits per heavy atom. The number of aromatic nitrogens is 1. The van der Waals surface area contributed by atoms with Crippen LogP contribution in [0.2, 0.25) is 0 Å². The van der Waals surface area contributed by atoms with Gasteiger partial charge in [-0.25, -0.2) is 0 Å². The Morgan fingerprint density at radius 3 is 2.71 bits per heavy atom. The van der Waals surface area contributed by atoms with Crippen molar-refractivity contribution in [2.24, 2.45) is 0 Å². The maximum Gasteiger partial charge on any atom is 0.165 e. The van der Waals surface area contributed by atoms with Gasteiger partial charge in [-0.15, -0.1) is 0 Å². The summed E-state index contributed by atoms with van der Waals surface area (Å²) in [5, 5.41) is 4.80. The van der Waals surface area contributed by atoms with Crippen LogP contribution in [-0.4, -0.2) is 25.7 Å². The van der Waals surface area contributed by atoms with Gasteiger partial charge < -0.3 is 19.8 Å². The van der Waals surface area contributed by atoms with Gasteiger partial charge in [-0.1, -0.05) is 24.3 Å². The SMILES string of the molecule is COc1cccc(CNCCc2c[nH]c3cc(C)ccc23)c1OC. The molecule has 1 aromatic heterocycles. The summed E-state index contributed by atoms with van der Waals surface area (Å²) in [6.07, 6.45) is 3.09. The molecular weight excluding hydrogens is 300 g/mol. The third kappa shape index (κ3) is 3.39. The van der Waals surface area contributed by atoms with Crippen molar-refractivity contribution in [3.05, 3.63) is 59.3 Å². The van der Waals surface area contributed by atoms with Crippen LogP contribution in [0, 0.1) is 6.92 Å². The van der Waals surface area contributed by atoms with Gasteiger partial charge >= 0.3 is 0 Å². The van der Waals surface area contributed by atoms with Crippen molar-refractivity contribution in [3.8, 4) is 11.5 Å². The zero-order valence-electron chi connectivity index (χ0n) is 14.5. The Labute approximate surface area is 142 Å². The van der Waals surface area contributed by atoms with Crippen molar-refractivity contribution >= 4 is 10.9 Å². The molecule has 3 aromatic rings. The molecule has 24 heavy (non-hydrogen) atoms. The third-order valence-corrected chi connectivity index (χ3v) is 4.29. The summed E-state index contributed by atoms with van der Waals surface area (Å²) in [5.74, 6) is 1.57. The fourth-order valence-corrected chi connectivity index (χ4v) is 3.05. The number of para-hydroxylation sites is 1. The topological polar surface area (TPSA) is 46.3 Å². The van der Waals surface area contributed by atoms with Crippen LogP contribution in [0.25, 0.3) is 10.9 Å². The minimum Gasteiger partial charge on any atom is -0.493 e. The van der Waals surface area contributed by atoms with Crippen LogP contribution in [-0.2, 0) is 13.0 Å². The highest BCUT2D eigenvalue weighted by atomic mass is 16.5. The summed E-state index contributed by atoms with van der Waals surface area (Å²) in [6.45, 7) is 3.77. The van der Waals surface area contributed by atoms with E-state index in [1.54, 1.807) is 14.2 Å². The van der Waals surface area contributed by atoms with E-state index in [1.807, 2.05) is 12.1 Å². The molecule has 0 fully saturated rings. The number of aryl methyl sites for hydroxylation is 1. The molecule has 2 aromatic carbocycles. The summed E-state index contributed by atoms with van der Waals surface area (Å²) >= 11 is 0. The summed E-state index contributed by atoms with van der Waals surface area (Å²) in [5.41, 5.74) is 4.93. The number of rotatable bonds is 7. The Morgan fingerprint density at radius 1 is 1.04 bits per heavy atom. The van der Waals surface area contributed by atoms with E-state index in [0.717, 1.165) is 36.6 Å². The monoisotopic (exact) mass is 324 g/mol. The highest BCUT2D eigenvalue weighted by Crippen LogP contribution is 2.30. The van der Waals surface area contributed by atoms with E-state index >= 15 is 0 Å². The third-order valence-electron chi connectivity index (χ3n) is 4.29. The molecule has 0 unspecified atom stereocenters. The number of H-pyrrole nitrogens is 1. The number of methoxy groups -OCH3 is 2. The fourth-order valence-electron chi connectivity index (χ4n) is 3.05. The van der Waals surface area contributed by atoms with Gasteiger partial charge in [0.25, 0.3) is 0 Å². The average molecular weight is 324 g/mol. The summed E-state index contributed by atoms with van der Waals surface area (Å²) in [7, 11) is 3.34. The van der Waals surface area contributed by atoms with E-state index in [9.17, 15) is 0 Å². The van der Waals surface area contributed by atoms with Gasteiger partial charge in [-0.05, 0) is 43.1 Å². The Kier molecular flexibility index (Phi) is 5.06. The van der Waals surface area contributed by atoms with Crippen molar-refractivity contribution in [2.75, 3.05) is 20.8 Å². The lowest BCUT2D eigenvalue weighted by Crippen LogP contribution is -2.17. The number of ether oxygens (including phenoxy) is 2. The lowest BCUT2D eigenvalue weighted by Gasteiger charge is -2.13. The average Bonchev–Trinajstić information content (AvgIpc) is 3.00. The smallest absolute Gasteiger partial charge is 0.165 e. The number of fused-ring (bicyclic) bond motifs is 1. The maximum atomic E-state index is 5.47. The first kappa shape index (κ1) is 16.4. The van der Waals surface area contributed by atoms with Crippen LogP contribution < -0.4 is 14.8 Å². The van der Waals surface area contributed by atoms with Crippen LogP contribution in [0.15, 0.2) is 42.6 Å². The van der Waals surface area contributed by atoms with E-state index in [2.05, 4.69) is 47.7 Å². The van der Waals surface area contributed by atoms with Crippen LogP contribution in [0.5, 0.6) is 11.5 Å². The number of nitrogens with one attached hydrogen (secondary N) is 2. The Balaban J connectivity index is 1.61. The van der Waals surface area contributed by atoms with Crippen molar-refractivity contribution in [3.63, 3.8) is 0 Å². The standard InChI is InChI=1S/C20H24N2O2/c1-14-7-8-17-15(13-22-18(17)11-14)9-10-21-12-16-5-4-6-19(23-2)20(16)24-3/h4-8,11,13,21-22H,9-10,12H2,1-3H3. The second-order valence-corrected chi connectivity index (χ2v) is 5.94. The molecule has 0 aliphatic rings. The second kappa shape index (κ2) is 7.41. The van der Waals surface area contributed by atoms with Gasteiger partial charge in [-0.2, -0.15) is 0 Å². The van der Waals surface area contributed by atoms with Crippen LogP contribution >= 0.6 is 0 Å². The van der Waals surface area contributed by atoms with Gasteiger partial charge in [0.1, 0.15) is 0 Å². The minimum atomic E-state index is 0.752. The van der Waals surface area contributed by atoms with Crippen LogP contribution in [0.1, 0.15) is 16.7 Å². The molecule has 0 aliphatic carbocycles. The van der Waals surface area contributed by atoms with E-state index in [-0.39, 0.29) is 0 Å². The molecule has 0 saturated heterocycles. The molecule has 0 aliphatic heterocycles. The molecular formula is C20H24N2O2. The highest BCUT2D eigenvalue weighted by molar-refractivity contribution is 5.83. The normalized spacial score (nSPS) is 11.0. The summed E-state index contributed by atoms with van der Waals surface area (Å²) in [6, 6.07) is 12.5. The quantitative estimate of drug-likeness (QED) is 0.649. The predicted octanol–water partition coefficient (Wildman–Crippen LogP) is 3.83. The first-order valence-corrected chi connectivity index (χ1v) is 8.20. The molecule has 4 heteroatoms. The Bertz CT molecular complexity index is 824. The van der Waals surface area contributed by atoms with Gasteiger partial charge in [0, 0.05) is 29.2 Å². The molecule has 126 valence electrons.